The van der Waals surface area contributed by atoms with E-state index in [-0.39, 0.29) is 22.1 Å². The molecule has 0 saturated carbocycles. The van der Waals surface area contributed by atoms with Crippen LogP contribution < -0.4 is 5.32 Å². The molecule has 9 heteroatoms. The highest BCUT2D eigenvalue weighted by molar-refractivity contribution is 7.89. The first kappa shape index (κ1) is 21.8. The van der Waals surface area contributed by atoms with E-state index in [9.17, 15) is 13.2 Å². The van der Waals surface area contributed by atoms with Gasteiger partial charge in [-0.15, -0.1) is 0 Å². The van der Waals surface area contributed by atoms with Gasteiger partial charge in [0, 0.05) is 32.1 Å². The Balaban J connectivity index is 1.92. The Labute approximate surface area is 162 Å². The third-order valence-corrected chi connectivity index (χ3v) is 7.02. The van der Waals surface area contributed by atoms with Crippen LogP contribution in [0.15, 0.2) is 9.42 Å². The molecule has 1 amide bonds. The number of hydrogen-bond acceptors (Lipinski definition) is 6. The summed E-state index contributed by atoms with van der Waals surface area (Å²) in [7, 11) is 0.387. The first-order chi connectivity index (χ1) is 12.4. The number of piperidine rings is 1. The summed E-state index contributed by atoms with van der Waals surface area (Å²) in [4.78, 5) is 14.8. The van der Waals surface area contributed by atoms with Crippen LogP contribution >= 0.6 is 0 Å². The van der Waals surface area contributed by atoms with Gasteiger partial charge >= 0.3 is 0 Å². The van der Waals surface area contributed by atoms with E-state index in [0.29, 0.717) is 43.9 Å². The molecular formula is C18H32N4O4S. The van der Waals surface area contributed by atoms with Crippen molar-refractivity contribution in [2.24, 2.45) is 11.3 Å². The van der Waals surface area contributed by atoms with Crippen molar-refractivity contribution in [3.05, 3.63) is 11.5 Å². The summed E-state index contributed by atoms with van der Waals surface area (Å²) in [5.41, 5.74) is 0.350. The molecule has 27 heavy (non-hydrogen) atoms. The molecular weight excluding hydrogens is 368 g/mol. The van der Waals surface area contributed by atoms with Crippen molar-refractivity contribution in [3.8, 4) is 0 Å². The average Bonchev–Trinajstić information content (AvgIpc) is 2.91. The van der Waals surface area contributed by atoms with Crippen LogP contribution in [0.4, 0.5) is 0 Å². The van der Waals surface area contributed by atoms with Gasteiger partial charge in [-0.1, -0.05) is 19.0 Å². The van der Waals surface area contributed by atoms with Crippen molar-refractivity contribution in [2.75, 3.05) is 40.3 Å². The number of hydrogen-bond donors (Lipinski definition) is 1. The Bertz CT molecular complexity index is 743. The number of aryl methyl sites for hydroxylation is 2. The van der Waals surface area contributed by atoms with Crippen LogP contribution in [0.1, 0.15) is 38.1 Å². The molecule has 1 saturated heterocycles. The quantitative estimate of drug-likeness (QED) is 0.743. The normalized spacial score (nSPS) is 17.4. The van der Waals surface area contributed by atoms with Gasteiger partial charge in [-0.25, -0.2) is 8.42 Å². The van der Waals surface area contributed by atoms with E-state index >= 15 is 0 Å². The van der Waals surface area contributed by atoms with Gasteiger partial charge in [-0.2, -0.15) is 4.31 Å². The van der Waals surface area contributed by atoms with Crippen molar-refractivity contribution in [1.29, 1.82) is 0 Å². The second kappa shape index (κ2) is 8.28. The standard InChI is InChI=1S/C18H32N4O4S/c1-13-16(14(2)26-20-13)27(24,25)22-9-7-15(8-10-22)17(23)19-11-18(3,4)12-21(5)6/h15H,7-12H2,1-6H3,(H,19,23). The van der Waals surface area contributed by atoms with Crippen LogP contribution in [0.25, 0.3) is 0 Å². The zero-order valence-corrected chi connectivity index (χ0v) is 18.0. The number of carbonyl (C=O) groups is 1. The van der Waals surface area contributed by atoms with E-state index in [0.717, 1.165) is 6.54 Å². The summed E-state index contributed by atoms with van der Waals surface area (Å²) in [5, 5.41) is 6.78. The van der Waals surface area contributed by atoms with Gasteiger partial charge in [0.2, 0.25) is 15.9 Å². The summed E-state index contributed by atoms with van der Waals surface area (Å²) in [6.07, 6.45) is 1.03. The number of amides is 1. The lowest BCUT2D eigenvalue weighted by atomic mass is 9.91. The van der Waals surface area contributed by atoms with Gasteiger partial charge in [-0.3, -0.25) is 4.79 Å². The smallest absolute Gasteiger partial charge is 0.248 e. The molecule has 0 atom stereocenters. The van der Waals surface area contributed by atoms with Gasteiger partial charge in [0.05, 0.1) is 0 Å². The minimum atomic E-state index is -3.64. The molecule has 8 nitrogen and oxygen atoms in total. The second-order valence-corrected chi connectivity index (χ2v) is 10.3. The van der Waals surface area contributed by atoms with Crippen LogP contribution in [0.3, 0.4) is 0 Å². The molecule has 0 spiro atoms. The van der Waals surface area contributed by atoms with E-state index < -0.39 is 10.0 Å². The highest BCUT2D eigenvalue weighted by Gasteiger charge is 2.35. The maximum Gasteiger partial charge on any atom is 0.248 e. The average molecular weight is 401 g/mol. The van der Waals surface area contributed by atoms with Crippen LogP contribution in [-0.2, 0) is 14.8 Å². The molecule has 0 unspecified atom stereocenters. The molecule has 2 heterocycles. The fourth-order valence-corrected chi connectivity index (χ4v) is 5.47. The Morgan fingerprint density at radius 2 is 1.89 bits per heavy atom. The van der Waals surface area contributed by atoms with Crippen LogP contribution in [0.5, 0.6) is 0 Å². The number of sulfonamides is 1. The Morgan fingerprint density at radius 3 is 2.37 bits per heavy atom. The van der Waals surface area contributed by atoms with Gasteiger partial charge in [0.15, 0.2) is 5.76 Å². The molecule has 0 bridgehead atoms. The van der Waals surface area contributed by atoms with E-state index in [1.54, 1.807) is 13.8 Å². The lowest BCUT2D eigenvalue weighted by Crippen LogP contribution is -2.46. The molecule has 2 rings (SSSR count). The first-order valence-corrected chi connectivity index (χ1v) is 10.7. The minimum Gasteiger partial charge on any atom is -0.360 e. The first-order valence-electron chi connectivity index (χ1n) is 9.29. The van der Waals surface area contributed by atoms with Crippen LogP contribution in [-0.4, -0.2) is 69.0 Å². The maximum atomic E-state index is 12.8. The molecule has 1 aromatic rings. The molecule has 154 valence electrons. The summed E-state index contributed by atoms with van der Waals surface area (Å²) in [5.74, 6) is 0.156. The zero-order chi connectivity index (χ0) is 20.4. The molecule has 1 aromatic heterocycles. The summed E-state index contributed by atoms with van der Waals surface area (Å²) >= 11 is 0. The molecule has 0 aliphatic carbocycles. The predicted octanol–water partition coefficient (Wildman–Crippen LogP) is 1.40. The molecule has 1 aliphatic rings. The lowest BCUT2D eigenvalue weighted by Gasteiger charge is -2.32. The lowest BCUT2D eigenvalue weighted by molar-refractivity contribution is -0.126. The number of carbonyl (C=O) groups excluding carboxylic acids is 1. The highest BCUT2D eigenvalue weighted by Crippen LogP contribution is 2.27. The van der Waals surface area contributed by atoms with E-state index in [4.69, 9.17) is 4.52 Å². The minimum absolute atomic E-state index is 0.0104. The Hall–Kier alpha value is -1.45. The molecule has 1 fully saturated rings. The molecule has 0 aromatic carbocycles. The molecule has 0 radical (unpaired) electrons. The molecule has 1 aliphatic heterocycles. The third kappa shape index (κ3) is 5.30. The fourth-order valence-electron chi connectivity index (χ4n) is 3.71. The Morgan fingerprint density at radius 1 is 1.30 bits per heavy atom. The van der Waals surface area contributed by atoms with E-state index in [1.807, 2.05) is 14.1 Å². The van der Waals surface area contributed by atoms with E-state index in [2.05, 4.69) is 29.2 Å². The second-order valence-electron chi connectivity index (χ2n) is 8.45. The third-order valence-electron chi connectivity index (χ3n) is 4.88. The fraction of sp³-hybridized carbons (Fsp3) is 0.778. The van der Waals surface area contributed by atoms with Crippen molar-refractivity contribution >= 4 is 15.9 Å². The number of nitrogens with one attached hydrogen (secondary N) is 1. The van der Waals surface area contributed by atoms with Crippen molar-refractivity contribution in [2.45, 2.75) is 45.4 Å². The number of rotatable bonds is 7. The topological polar surface area (TPSA) is 95.8 Å². The Kier molecular flexibility index (Phi) is 6.70. The number of nitrogens with zero attached hydrogens (tertiary/aromatic N) is 3. The monoisotopic (exact) mass is 400 g/mol. The van der Waals surface area contributed by atoms with Crippen LogP contribution in [0, 0.1) is 25.2 Å². The maximum absolute atomic E-state index is 12.8. The van der Waals surface area contributed by atoms with Crippen LogP contribution in [0.2, 0.25) is 0 Å². The van der Waals surface area contributed by atoms with Gasteiger partial charge in [-0.05, 0) is 46.2 Å². The SMILES string of the molecule is Cc1noc(C)c1S(=O)(=O)N1CCC(C(=O)NCC(C)(C)CN(C)C)CC1. The van der Waals surface area contributed by atoms with Crippen molar-refractivity contribution in [3.63, 3.8) is 0 Å². The predicted molar refractivity (Wildman–Crippen MR) is 103 cm³/mol. The highest BCUT2D eigenvalue weighted by atomic mass is 32.2. The van der Waals surface area contributed by atoms with E-state index in [1.165, 1.54) is 4.31 Å². The summed E-state index contributed by atoms with van der Waals surface area (Å²) < 4.78 is 32.1. The van der Waals surface area contributed by atoms with Gasteiger partial charge < -0.3 is 14.7 Å². The van der Waals surface area contributed by atoms with Crippen molar-refractivity contribution in [1.82, 2.24) is 19.7 Å². The van der Waals surface area contributed by atoms with Gasteiger partial charge in [0.1, 0.15) is 10.6 Å². The van der Waals surface area contributed by atoms with Gasteiger partial charge in [0.25, 0.3) is 0 Å². The summed E-state index contributed by atoms with van der Waals surface area (Å²) in [6.45, 7) is 9.58. The summed E-state index contributed by atoms with van der Waals surface area (Å²) in [6, 6.07) is 0. The molecule has 1 N–H and O–H groups in total. The zero-order valence-electron chi connectivity index (χ0n) is 17.2. The largest absolute Gasteiger partial charge is 0.360 e. The van der Waals surface area contributed by atoms with Crippen molar-refractivity contribution < 1.29 is 17.7 Å². The number of aromatic nitrogens is 1.